The molecule has 2 aromatic carbocycles. The van der Waals surface area contributed by atoms with Crippen LogP contribution in [0.15, 0.2) is 59.6 Å². The second-order valence-electron chi connectivity index (χ2n) is 5.90. The Morgan fingerprint density at radius 2 is 1.89 bits per heavy atom. The van der Waals surface area contributed by atoms with Crippen molar-refractivity contribution in [2.45, 2.75) is 11.8 Å². The van der Waals surface area contributed by atoms with Gasteiger partial charge in [0.25, 0.3) is 10.0 Å². The minimum absolute atomic E-state index is 0.151. The molecule has 0 radical (unpaired) electrons. The number of carbonyl (C=O) groups excluding carboxylic acids is 1. The van der Waals surface area contributed by atoms with Crippen molar-refractivity contribution in [2.75, 3.05) is 7.11 Å². The molecule has 0 bridgehead atoms. The van der Waals surface area contributed by atoms with Gasteiger partial charge in [-0.3, -0.25) is 0 Å². The third-order valence-electron chi connectivity index (χ3n) is 4.11. The summed E-state index contributed by atoms with van der Waals surface area (Å²) in [6.07, 6.45) is 4.10. The number of rotatable bonds is 4. The first kappa shape index (κ1) is 18.4. The van der Waals surface area contributed by atoms with Gasteiger partial charge in [0.1, 0.15) is 0 Å². The van der Waals surface area contributed by atoms with Gasteiger partial charge < -0.3 is 4.74 Å². The number of nitriles is 1. The molecule has 3 aromatic rings. The molecule has 0 aliphatic heterocycles. The summed E-state index contributed by atoms with van der Waals surface area (Å²) >= 11 is 0. The standard InChI is InChI=1S/C20H16N2O4S/c1-14-3-7-17(8-4-14)27(24,25)22-13-16(6-10-20(23)26-2)18-11-15(12-21)5-9-19(18)22/h3-11,13H,1-2H3/b10-6-. The van der Waals surface area contributed by atoms with Crippen LogP contribution in [0.25, 0.3) is 17.0 Å². The number of aromatic nitrogens is 1. The number of hydrogen-bond acceptors (Lipinski definition) is 5. The third kappa shape index (κ3) is 3.48. The molecule has 0 N–H and O–H groups in total. The van der Waals surface area contributed by atoms with Crippen LogP contribution in [-0.4, -0.2) is 25.5 Å². The lowest BCUT2D eigenvalue weighted by atomic mass is 10.1. The molecule has 1 aromatic heterocycles. The van der Waals surface area contributed by atoms with Crippen LogP contribution in [0.3, 0.4) is 0 Å². The molecule has 0 spiro atoms. The number of hydrogen-bond donors (Lipinski definition) is 0. The number of fused-ring (bicyclic) bond motifs is 1. The lowest BCUT2D eigenvalue weighted by Crippen LogP contribution is -2.11. The number of benzene rings is 2. The summed E-state index contributed by atoms with van der Waals surface area (Å²) in [5.74, 6) is -0.561. The average molecular weight is 380 g/mol. The zero-order valence-electron chi connectivity index (χ0n) is 14.7. The molecule has 27 heavy (non-hydrogen) atoms. The predicted molar refractivity (Wildman–Crippen MR) is 101 cm³/mol. The normalized spacial score (nSPS) is 11.6. The summed E-state index contributed by atoms with van der Waals surface area (Å²) < 4.78 is 31.9. The molecule has 0 unspecified atom stereocenters. The fourth-order valence-electron chi connectivity index (χ4n) is 2.68. The van der Waals surface area contributed by atoms with Crippen LogP contribution in [0.1, 0.15) is 16.7 Å². The number of nitrogens with zero attached hydrogens (tertiary/aromatic N) is 2. The summed E-state index contributed by atoms with van der Waals surface area (Å²) in [6, 6.07) is 13.3. The number of methoxy groups -OCH3 is 1. The first-order chi connectivity index (χ1) is 12.9. The zero-order valence-corrected chi connectivity index (χ0v) is 15.5. The van der Waals surface area contributed by atoms with Crippen molar-refractivity contribution < 1.29 is 17.9 Å². The van der Waals surface area contributed by atoms with Crippen molar-refractivity contribution in [1.29, 1.82) is 5.26 Å². The van der Waals surface area contributed by atoms with Crippen molar-refractivity contribution in [1.82, 2.24) is 3.97 Å². The lowest BCUT2D eigenvalue weighted by Gasteiger charge is -2.08. The van der Waals surface area contributed by atoms with Crippen LogP contribution >= 0.6 is 0 Å². The maximum atomic E-state index is 13.1. The second-order valence-corrected chi connectivity index (χ2v) is 7.71. The molecule has 0 fully saturated rings. The van der Waals surface area contributed by atoms with Gasteiger partial charge in [-0.25, -0.2) is 17.2 Å². The molecular formula is C20H16N2O4S. The van der Waals surface area contributed by atoms with Crippen molar-refractivity contribution >= 4 is 33.0 Å². The molecule has 1 heterocycles. The van der Waals surface area contributed by atoms with E-state index in [1.54, 1.807) is 42.5 Å². The molecule has 0 atom stereocenters. The minimum Gasteiger partial charge on any atom is -0.466 e. The molecule has 0 saturated carbocycles. The monoisotopic (exact) mass is 380 g/mol. The number of ether oxygens (including phenoxy) is 1. The summed E-state index contributed by atoms with van der Waals surface area (Å²) in [4.78, 5) is 11.6. The van der Waals surface area contributed by atoms with Gasteiger partial charge in [-0.1, -0.05) is 17.7 Å². The van der Waals surface area contributed by atoms with E-state index in [-0.39, 0.29) is 4.90 Å². The number of carbonyl (C=O) groups is 1. The highest BCUT2D eigenvalue weighted by atomic mass is 32.2. The van der Waals surface area contributed by atoms with Crippen LogP contribution in [0.2, 0.25) is 0 Å². The Morgan fingerprint density at radius 1 is 1.19 bits per heavy atom. The maximum absolute atomic E-state index is 13.1. The fourth-order valence-corrected chi connectivity index (χ4v) is 4.05. The van der Waals surface area contributed by atoms with Crippen molar-refractivity contribution in [3.8, 4) is 6.07 Å². The highest BCUT2D eigenvalue weighted by Gasteiger charge is 2.21. The molecule has 7 heteroatoms. The Kier molecular flexibility index (Phi) is 4.84. The maximum Gasteiger partial charge on any atom is 0.330 e. The van der Waals surface area contributed by atoms with Crippen LogP contribution in [0.5, 0.6) is 0 Å². The van der Waals surface area contributed by atoms with E-state index < -0.39 is 16.0 Å². The molecular weight excluding hydrogens is 364 g/mol. The third-order valence-corrected chi connectivity index (χ3v) is 5.80. The Balaban J connectivity index is 2.24. The van der Waals surface area contributed by atoms with Crippen LogP contribution in [0.4, 0.5) is 0 Å². The van der Waals surface area contributed by atoms with Crippen molar-refractivity contribution in [3.05, 3.63) is 71.4 Å². The van der Waals surface area contributed by atoms with E-state index in [9.17, 15) is 13.2 Å². The SMILES string of the molecule is COC(=O)/C=C\c1cn(S(=O)(=O)c2ccc(C)cc2)c2ccc(C#N)cc12. The van der Waals surface area contributed by atoms with Crippen molar-refractivity contribution in [3.63, 3.8) is 0 Å². The van der Waals surface area contributed by atoms with E-state index in [2.05, 4.69) is 4.74 Å². The van der Waals surface area contributed by atoms with E-state index in [0.717, 1.165) is 9.54 Å². The summed E-state index contributed by atoms with van der Waals surface area (Å²) in [7, 11) is -2.59. The number of esters is 1. The highest BCUT2D eigenvalue weighted by molar-refractivity contribution is 7.90. The van der Waals surface area contributed by atoms with E-state index in [0.29, 0.717) is 22.0 Å². The smallest absolute Gasteiger partial charge is 0.330 e. The lowest BCUT2D eigenvalue weighted by molar-refractivity contribution is -0.134. The van der Waals surface area contributed by atoms with Gasteiger partial charge in [-0.05, 0) is 43.3 Å². The van der Waals surface area contributed by atoms with Gasteiger partial charge in [0.05, 0.1) is 29.2 Å². The number of aryl methyl sites for hydroxylation is 1. The largest absolute Gasteiger partial charge is 0.466 e. The van der Waals surface area contributed by atoms with Gasteiger partial charge >= 0.3 is 5.97 Å². The molecule has 0 aliphatic carbocycles. The van der Waals surface area contributed by atoms with Crippen LogP contribution in [-0.2, 0) is 19.6 Å². The van der Waals surface area contributed by atoms with Gasteiger partial charge in [-0.2, -0.15) is 5.26 Å². The highest BCUT2D eigenvalue weighted by Crippen LogP contribution is 2.28. The minimum atomic E-state index is -3.84. The van der Waals surface area contributed by atoms with Crippen molar-refractivity contribution in [2.24, 2.45) is 0 Å². The summed E-state index contributed by atoms with van der Waals surface area (Å²) in [5.41, 5.74) is 2.25. The van der Waals surface area contributed by atoms with E-state index in [1.165, 1.54) is 25.5 Å². The molecule has 6 nitrogen and oxygen atoms in total. The summed E-state index contributed by atoms with van der Waals surface area (Å²) in [6.45, 7) is 1.88. The summed E-state index contributed by atoms with van der Waals surface area (Å²) in [5, 5.41) is 9.69. The Hall–Kier alpha value is -3.37. The van der Waals surface area contributed by atoms with E-state index in [4.69, 9.17) is 5.26 Å². The van der Waals surface area contributed by atoms with Gasteiger partial charge in [0.2, 0.25) is 0 Å². The molecule has 3 rings (SSSR count). The molecule has 0 saturated heterocycles. The Labute approximate surface area is 157 Å². The Morgan fingerprint density at radius 3 is 2.52 bits per heavy atom. The van der Waals surface area contributed by atoms with Crippen LogP contribution < -0.4 is 0 Å². The van der Waals surface area contributed by atoms with E-state index in [1.807, 2.05) is 13.0 Å². The van der Waals surface area contributed by atoms with Gasteiger partial charge in [-0.15, -0.1) is 0 Å². The Bertz CT molecular complexity index is 1200. The predicted octanol–water partition coefficient (Wildman–Crippen LogP) is 3.24. The average Bonchev–Trinajstić information content (AvgIpc) is 3.05. The first-order valence-electron chi connectivity index (χ1n) is 8.00. The quantitative estimate of drug-likeness (QED) is 0.512. The van der Waals surface area contributed by atoms with E-state index >= 15 is 0 Å². The van der Waals surface area contributed by atoms with Crippen LogP contribution in [0, 0.1) is 18.3 Å². The zero-order chi connectivity index (χ0) is 19.6. The first-order valence-corrected chi connectivity index (χ1v) is 9.44. The van der Waals surface area contributed by atoms with Gasteiger partial charge in [0.15, 0.2) is 0 Å². The molecule has 0 amide bonds. The molecule has 136 valence electrons. The van der Waals surface area contributed by atoms with Gasteiger partial charge in [0, 0.05) is 23.2 Å². The fraction of sp³-hybridized carbons (Fsp3) is 0.100. The molecule has 0 aliphatic rings. The topological polar surface area (TPSA) is 89.2 Å². The second kappa shape index (κ2) is 7.09.